The summed E-state index contributed by atoms with van der Waals surface area (Å²) in [5.41, 5.74) is 0. The van der Waals surface area contributed by atoms with Crippen LogP contribution in [0.3, 0.4) is 0 Å². The van der Waals surface area contributed by atoms with E-state index in [0.717, 1.165) is 6.42 Å². The Labute approximate surface area is 59.5 Å². The summed E-state index contributed by atoms with van der Waals surface area (Å²) in [4.78, 5) is 0. The van der Waals surface area contributed by atoms with E-state index in [-0.39, 0.29) is 0 Å². The van der Waals surface area contributed by atoms with Gasteiger partial charge in [0.15, 0.2) is 0 Å². The molecule has 0 unspecified atom stereocenters. The summed E-state index contributed by atoms with van der Waals surface area (Å²) in [7, 11) is 0. The van der Waals surface area contributed by atoms with Crippen LogP contribution < -0.4 is 0 Å². The normalized spacial score (nSPS) is 15.1. The highest BCUT2D eigenvalue weighted by Crippen LogP contribution is 2.03. The second kappa shape index (κ2) is 7.96. The molecule has 56 valence electrons. The molecular weight excluding hydrogens is 112 g/mol. The van der Waals surface area contributed by atoms with Gasteiger partial charge in [-0.15, -0.1) is 0 Å². The Hall–Kier alpha value is -0.0400. The van der Waals surface area contributed by atoms with E-state index in [2.05, 4.69) is 6.92 Å². The predicted molar refractivity (Wildman–Crippen MR) is 40.5 cm³/mol. The average molecular weight is 131 g/mol. The Kier molecular flexibility index (Phi) is 6.25. The third-order valence-electron chi connectivity index (χ3n) is 1.44. The lowest BCUT2D eigenvalue weighted by molar-refractivity contribution is 0.282. The minimum Gasteiger partial charge on any atom is -0.396 e. The van der Waals surface area contributed by atoms with Crippen LogP contribution in [0.5, 0.6) is 0 Å². The van der Waals surface area contributed by atoms with E-state index in [1.807, 2.05) is 0 Å². The lowest BCUT2D eigenvalue weighted by Gasteiger charge is -1.95. The Morgan fingerprint density at radius 2 is 1.67 bits per heavy atom. The third kappa shape index (κ3) is 7.96. The Balaban J connectivity index is 2.77. The van der Waals surface area contributed by atoms with Crippen molar-refractivity contribution in [2.45, 2.75) is 45.4 Å². The molecule has 1 N–H and O–H groups in total. The first-order valence-electron chi connectivity index (χ1n) is 4.45. The molecule has 1 nitrogen and oxygen atoms in total. The Bertz CT molecular complexity index is 64.3. The van der Waals surface area contributed by atoms with E-state index >= 15 is 0 Å². The first-order valence-corrected chi connectivity index (χ1v) is 3.87. The molecule has 0 bridgehead atoms. The molecule has 0 aliphatic carbocycles. The molecule has 0 saturated heterocycles. The first-order chi connectivity index (χ1) is 4.77. The van der Waals surface area contributed by atoms with Gasteiger partial charge in [0.25, 0.3) is 0 Å². The van der Waals surface area contributed by atoms with Gasteiger partial charge in [0.1, 0.15) is 0 Å². The molecule has 0 aromatic rings. The number of hydrogen-bond donors (Lipinski definition) is 1. The molecule has 0 saturated carbocycles. The lowest BCUT2D eigenvalue weighted by atomic mass is 10.1. The summed E-state index contributed by atoms with van der Waals surface area (Å²) in [6, 6.07) is 0. The zero-order chi connectivity index (χ0) is 7.82. The topological polar surface area (TPSA) is 20.2 Å². The number of rotatable bonds is 6. The van der Waals surface area contributed by atoms with Crippen molar-refractivity contribution in [2.24, 2.45) is 0 Å². The second-order valence-corrected chi connectivity index (χ2v) is 2.39. The predicted octanol–water partition coefficient (Wildman–Crippen LogP) is 2.34. The average Bonchev–Trinajstić information content (AvgIpc) is 1.87. The van der Waals surface area contributed by atoms with Crippen LogP contribution in [0.4, 0.5) is 0 Å². The van der Waals surface area contributed by atoms with Crippen molar-refractivity contribution in [2.75, 3.05) is 6.58 Å². The molecule has 0 amide bonds. The number of hydrogen-bond acceptors (Lipinski definition) is 1. The Morgan fingerprint density at radius 1 is 1.11 bits per heavy atom. The maximum Gasteiger partial charge on any atom is 0.0564 e. The highest BCUT2D eigenvalue weighted by Gasteiger charge is 1.86. The largest absolute Gasteiger partial charge is 0.396 e. The molecule has 0 aromatic heterocycles. The van der Waals surface area contributed by atoms with Crippen LogP contribution >= 0.6 is 0 Å². The van der Waals surface area contributed by atoms with Crippen molar-refractivity contribution in [1.29, 1.82) is 0 Å². The van der Waals surface area contributed by atoms with Gasteiger partial charge in [-0.25, -0.2) is 0 Å². The highest BCUT2D eigenvalue weighted by atomic mass is 16.2. The second-order valence-electron chi connectivity index (χ2n) is 2.39. The zero-order valence-corrected chi connectivity index (χ0v) is 6.27. The summed E-state index contributed by atoms with van der Waals surface area (Å²) in [5.74, 6) is 0. The SMILES string of the molecule is [2H][C@@H](O)CCCCCCC. The van der Waals surface area contributed by atoms with Gasteiger partial charge >= 0.3 is 0 Å². The summed E-state index contributed by atoms with van der Waals surface area (Å²) in [6.07, 6.45) is 6.61. The molecule has 0 heterocycles. The fourth-order valence-corrected chi connectivity index (χ4v) is 0.839. The van der Waals surface area contributed by atoms with E-state index in [9.17, 15) is 0 Å². The van der Waals surface area contributed by atoms with Gasteiger partial charge < -0.3 is 5.11 Å². The van der Waals surface area contributed by atoms with E-state index in [0.29, 0.717) is 6.42 Å². The Morgan fingerprint density at radius 3 is 2.22 bits per heavy atom. The molecule has 1 heteroatoms. The van der Waals surface area contributed by atoms with Crippen LogP contribution in [0, 0.1) is 0 Å². The zero-order valence-electron chi connectivity index (χ0n) is 7.27. The van der Waals surface area contributed by atoms with E-state index < -0.39 is 6.58 Å². The van der Waals surface area contributed by atoms with Gasteiger partial charge in [0.05, 0.1) is 1.37 Å². The highest BCUT2D eigenvalue weighted by molar-refractivity contribution is 4.41. The molecule has 0 aromatic carbocycles. The van der Waals surface area contributed by atoms with Crippen LogP contribution in [0.2, 0.25) is 0 Å². The minimum atomic E-state index is -0.846. The maximum atomic E-state index is 8.58. The fraction of sp³-hybridized carbons (Fsp3) is 1.00. The smallest absolute Gasteiger partial charge is 0.0564 e. The number of unbranched alkanes of at least 4 members (excludes halogenated alkanes) is 4. The van der Waals surface area contributed by atoms with Gasteiger partial charge in [-0.05, 0) is 6.42 Å². The molecule has 9 heavy (non-hydrogen) atoms. The molecule has 0 rings (SSSR count). The summed E-state index contributed by atoms with van der Waals surface area (Å²) < 4.78 is 6.81. The maximum absolute atomic E-state index is 8.58. The van der Waals surface area contributed by atoms with Crippen molar-refractivity contribution in [3.63, 3.8) is 0 Å². The molecule has 0 radical (unpaired) electrons. The quantitative estimate of drug-likeness (QED) is 0.548. The first kappa shape index (κ1) is 7.07. The monoisotopic (exact) mass is 131 g/mol. The standard InChI is InChI=1S/C8H18O/c1-2-3-4-5-6-7-8-9/h9H,2-8H2,1H3/i8D/t8-/m1/s1. The van der Waals surface area contributed by atoms with Crippen LogP contribution in [-0.4, -0.2) is 11.7 Å². The van der Waals surface area contributed by atoms with E-state index in [1.165, 1.54) is 25.7 Å². The van der Waals surface area contributed by atoms with Gasteiger partial charge in [0.2, 0.25) is 0 Å². The van der Waals surface area contributed by atoms with Crippen LogP contribution in [0.25, 0.3) is 0 Å². The van der Waals surface area contributed by atoms with Gasteiger partial charge in [-0.3, -0.25) is 0 Å². The number of aliphatic hydroxyl groups is 1. The molecular formula is C8H18O. The molecule has 0 fully saturated rings. The third-order valence-corrected chi connectivity index (χ3v) is 1.44. The van der Waals surface area contributed by atoms with E-state index in [1.54, 1.807) is 0 Å². The van der Waals surface area contributed by atoms with Gasteiger partial charge in [-0.2, -0.15) is 0 Å². The van der Waals surface area contributed by atoms with Crippen molar-refractivity contribution >= 4 is 0 Å². The summed E-state index contributed by atoms with van der Waals surface area (Å²) in [5, 5.41) is 8.58. The molecule has 0 aliphatic heterocycles. The summed E-state index contributed by atoms with van der Waals surface area (Å²) in [6.45, 7) is 1.33. The number of aliphatic hydroxyl groups excluding tert-OH is 1. The molecule has 1 atom stereocenters. The lowest BCUT2D eigenvalue weighted by Crippen LogP contribution is -1.82. The molecule has 0 spiro atoms. The minimum absolute atomic E-state index is 0.643. The van der Waals surface area contributed by atoms with Crippen molar-refractivity contribution in [3.05, 3.63) is 0 Å². The van der Waals surface area contributed by atoms with Crippen LogP contribution in [0.15, 0.2) is 0 Å². The molecule has 0 aliphatic rings. The van der Waals surface area contributed by atoms with Gasteiger partial charge in [-0.1, -0.05) is 39.0 Å². The van der Waals surface area contributed by atoms with Crippen molar-refractivity contribution in [1.82, 2.24) is 0 Å². The van der Waals surface area contributed by atoms with Crippen molar-refractivity contribution in [3.8, 4) is 0 Å². The van der Waals surface area contributed by atoms with Gasteiger partial charge in [0, 0.05) is 6.58 Å². The van der Waals surface area contributed by atoms with Crippen molar-refractivity contribution < 1.29 is 6.48 Å². The van der Waals surface area contributed by atoms with E-state index in [4.69, 9.17) is 6.48 Å². The van der Waals surface area contributed by atoms with Crippen LogP contribution in [-0.2, 0) is 0 Å². The fourth-order valence-electron chi connectivity index (χ4n) is 0.839. The summed E-state index contributed by atoms with van der Waals surface area (Å²) >= 11 is 0. The van der Waals surface area contributed by atoms with Crippen LogP contribution in [0.1, 0.15) is 46.8 Å².